The smallest absolute Gasteiger partial charge is 0.0550 e. The van der Waals surface area contributed by atoms with Gasteiger partial charge in [-0.1, -0.05) is 19.9 Å². The molecule has 2 unspecified atom stereocenters. The van der Waals surface area contributed by atoms with Crippen molar-refractivity contribution in [2.75, 3.05) is 0 Å². The summed E-state index contributed by atoms with van der Waals surface area (Å²) in [5.41, 5.74) is 0. The predicted molar refractivity (Wildman–Crippen MR) is 50.0 cm³/mol. The van der Waals surface area contributed by atoms with E-state index in [0.717, 1.165) is 11.8 Å². The summed E-state index contributed by atoms with van der Waals surface area (Å²) in [4.78, 5) is 4.47. The summed E-state index contributed by atoms with van der Waals surface area (Å²) in [5.74, 6) is 1.60. The predicted octanol–water partition coefficient (Wildman–Crippen LogP) is 2.68. The van der Waals surface area contributed by atoms with Gasteiger partial charge in [0, 0.05) is 6.21 Å². The third kappa shape index (κ3) is 1.92. The first-order valence-electron chi connectivity index (χ1n) is 4.40. The largest absolute Gasteiger partial charge is 0.289 e. The molecule has 0 aromatic carbocycles. The number of aliphatic imine (C=N–C) groups is 1. The van der Waals surface area contributed by atoms with E-state index in [2.05, 4.69) is 18.8 Å². The Morgan fingerprint density at radius 2 is 1.91 bits per heavy atom. The molecule has 1 aliphatic rings. The summed E-state index contributed by atoms with van der Waals surface area (Å²) in [6.45, 7) is 6.56. The van der Waals surface area contributed by atoms with Crippen molar-refractivity contribution < 1.29 is 0 Å². The second kappa shape index (κ2) is 3.70. The Bertz CT molecular complexity index is 162. The van der Waals surface area contributed by atoms with Crippen LogP contribution in [0.15, 0.2) is 17.1 Å². The number of rotatable bonds is 2. The van der Waals surface area contributed by atoms with Crippen LogP contribution in [0.25, 0.3) is 0 Å². The Morgan fingerprint density at radius 3 is 2.36 bits per heavy atom. The van der Waals surface area contributed by atoms with Gasteiger partial charge in [0.25, 0.3) is 0 Å². The molecular formula is C10H17N. The molecule has 0 N–H and O–H groups in total. The van der Waals surface area contributed by atoms with Gasteiger partial charge in [0.05, 0.1) is 6.04 Å². The van der Waals surface area contributed by atoms with Crippen LogP contribution < -0.4 is 0 Å². The van der Waals surface area contributed by atoms with Gasteiger partial charge in [-0.15, -0.1) is 0 Å². The molecule has 0 spiro atoms. The third-order valence-corrected chi connectivity index (χ3v) is 2.45. The minimum absolute atomic E-state index is 0.589. The first-order chi connectivity index (χ1) is 5.25. The number of hydrogen-bond donors (Lipinski definition) is 0. The average Bonchev–Trinajstić information content (AvgIpc) is 1.98. The summed E-state index contributed by atoms with van der Waals surface area (Å²) in [6, 6.07) is 0.589. The molecule has 62 valence electrons. The Hall–Kier alpha value is -0.590. The van der Waals surface area contributed by atoms with Gasteiger partial charge in [-0.3, -0.25) is 4.99 Å². The first-order valence-corrected chi connectivity index (χ1v) is 4.40. The maximum Gasteiger partial charge on any atom is 0.0550 e. The molecule has 0 aliphatic heterocycles. The molecule has 0 bridgehead atoms. The van der Waals surface area contributed by atoms with Gasteiger partial charge in [-0.05, 0) is 31.3 Å². The molecule has 1 aliphatic carbocycles. The molecule has 11 heavy (non-hydrogen) atoms. The highest BCUT2D eigenvalue weighted by Crippen LogP contribution is 2.35. The Balaban J connectivity index is 2.36. The molecule has 0 amide bonds. The molecule has 1 heteroatoms. The topological polar surface area (TPSA) is 12.4 Å². The lowest BCUT2D eigenvalue weighted by molar-refractivity contribution is 0.182. The molecule has 0 radical (unpaired) electrons. The number of hydrogen-bond acceptors (Lipinski definition) is 1. The van der Waals surface area contributed by atoms with E-state index in [1.165, 1.54) is 6.42 Å². The zero-order chi connectivity index (χ0) is 8.27. The van der Waals surface area contributed by atoms with Crippen LogP contribution in [0.3, 0.4) is 0 Å². The highest BCUT2D eigenvalue weighted by atomic mass is 14.8. The van der Waals surface area contributed by atoms with Crippen molar-refractivity contribution in [1.82, 2.24) is 0 Å². The van der Waals surface area contributed by atoms with E-state index in [9.17, 15) is 0 Å². The SMILES string of the molecule is C/C=C\C=NC1C(C)CC1C. The standard InChI is InChI=1S/C10H17N/c1-4-5-6-11-10-8(2)7-9(10)3/h4-6,8-10H,7H2,1-3H3/b5-4-,11-6?. The zero-order valence-corrected chi connectivity index (χ0v) is 7.62. The van der Waals surface area contributed by atoms with Gasteiger partial charge in [0.2, 0.25) is 0 Å². The van der Waals surface area contributed by atoms with Crippen LogP contribution in [0, 0.1) is 11.8 Å². The summed E-state index contributed by atoms with van der Waals surface area (Å²) < 4.78 is 0. The molecule has 0 heterocycles. The van der Waals surface area contributed by atoms with E-state index in [1.807, 2.05) is 25.3 Å². The van der Waals surface area contributed by atoms with Crippen LogP contribution in [0.4, 0.5) is 0 Å². The van der Waals surface area contributed by atoms with E-state index in [1.54, 1.807) is 0 Å². The quantitative estimate of drug-likeness (QED) is 0.538. The highest BCUT2D eigenvalue weighted by Gasteiger charge is 2.33. The molecule has 0 saturated heterocycles. The minimum Gasteiger partial charge on any atom is -0.289 e. The highest BCUT2D eigenvalue weighted by molar-refractivity contribution is 5.71. The average molecular weight is 151 g/mol. The number of allylic oxidation sites excluding steroid dienone is 2. The van der Waals surface area contributed by atoms with Crippen molar-refractivity contribution in [2.24, 2.45) is 16.8 Å². The molecule has 1 rings (SSSR count). The molecule has 1 saturated carbocycles. The normalized spacial score (nSPS) is 38.3. The molecule has 2 atom stereocenters. The lowest BCUT2D eigenvalue weighted by Crippen LogP contribution is -2.36. The fraction of sp³-hybridized carbons (Fsp3) is 0.700. The second-order valence-corrected chi connectivity index (χ2v) is 3.50. The van der Waals surface area contributed by atoms with Crippen LogP contribution in [-0.2, 0) is 0 Å². The lowest BCUT2D eigenvalue weighted by Gasteiger charge is -2.37. The fourth-order valence-corrected chi connectivity index (χ4v) is 1.76. The van der Waals surface area contributed by atoms with E-state index in [-0.39, 0.29) is 0 Å². The molecule has 0 aromatic heterocycles. The number of nitrogens with zero attached hydrogens (tertiary/aromatic N) is 1. The zero-order valence-electron chi connectivity index (χ0n) is 7.62. The lowest BCUT2D eigenvalue weighted by atomic mass is 9.72. The molecule has 1 fully saturated rings. The summed E-state index contributed by atoms with van der Waals surface area (Å²) in [7, 11) is 0. The summed E-state index contributed by atoms with van der Waals surface area (Å²) >= 11 is 0. The molecule has 1 nitrogen and oxygen atoms in total. The maximum atomic E-state index is 4.47. The van der Waals surface area contributed by atoms with Gasteiger partial charge in [-0.25, -0.2) is 0 Å². The fourth-order valence-electron chi connectivity index (χ4n) is 1.76. The van der Waals surface area contributed by atoms with E-state index in [4.69, 9.17) is 0 Å². The van der Waals surface area contributed by atoms with Crippen molar-refractivity contribution in [1.29, 1.82) is 0 Å². The van der Waals surface area contributed by atoms with E-state index < -0.39 is 0 Å². The van der Waals surface area contributed by atoms with Crippen LogP contribution >= 0.6 is 0 Å². The third-order valence-electron chi connectivity index (χ3n) is 2.45. The van der Waals surface area contributed by atoms with Gasteiger partial charge in [0.15, 0.2) is 0 Å². The Morgan fingerprint density at radius 1 is 1.27 bits per heavy atom. The minimum atomic E-state index is 0.589. The summed E-state index contributed by atoms with van der Waals surface area (Å²) in [5, 5.41) is 0. The van der Waals surface area contributed by atoms with Crippen LogP contribution in [-0.4, -0.2) is 12.3 Å². The van der Waals surface area contributed by atoms with Crippen LogP contribution in [0.1, 0.15) is 27.2 Å². The Kier molecular flexibility index (Phi) is 2.86. The van der Waals surface area contributed by atoms with Crippen LogP contribution in [0.2, 0.25) is 0 Å². The van der Waals surface area contributed by atoms with Crippen molar-refractivity contribution in [3.05, 3.63) is 12.2 Å². The van der Waals surface area contributed by atoms with Crippen molar-refractivity contribution in [3.8, 4) is 0 Å². The van der Waals surface area contributed by atoms with Crippen molar-refractivity contribution in [2.45, 2.75) is 33.2 Å². The van der Waals surface area contributed by atoms with Crippen molar-refractivity contribution in [3.63, 3.8) is 0 Å². The maximum absolute atomic E-state index is 4.47. The van der Waals surface area contributed by atoms with Gasteiger partial charge < -0.3 is 0 Å². The van der Waals surface area contributed by atoms with Gasteiger partial charge >= 0.3 is 0 Å². The first kappa shape index (κ1) is 8.51. The summed E-state index contributed by atoms with van der Waals surface area (Å²) in [6.07, 6.45) is 7.28. The van der Waals surface area contributed by atoms with E-state index in [0.29, 0.717) is 6.04 Å². The van der Waals surface area contributed by atoms with E-state index >= 15 is 0 Å². The Labute approximate surface area is 69.2 Å². The van der Waals surface area contributed by atoms with Crippen molar-refractivity contribution >= 4 is 6.21 Å². The molecule has 0 aromatic rings. The monoisotopic (exact) mass is 151 g/mol. The second-order valence-electron chi connectivity index (χ2n) is 3.50. The van der Waals surface area contributed by atoms with Gasteiger partial charge in [-0.2, -0.15) is 0 Å². The van der Waals surface area contributed by atoms with Gasteiger partial charge in [0.1, 0.15) is 0 Å². The molecular weight excluding hydrogens is 134 g/mol. The van der Waals surface area contributed by atoms with Crippen LogP contribution in [0.5, 0.6) is 0 Å².